The molecule has 3 heteroatoms. The van der Waals surface area contributed by atoms with Gasteiger partial charge in [0.2, 0.25) is 0 Å². The zero-order chi connectivity index (χ0) is 6.78. The molecule has 42 valence electrons. The summed E-state index contributed by atoms with van der Waals surface area (Å²) in [4.78, 5) is 0. The second-order valence-corrected chi connectivity index (χ2v) is 17.3. The van der Waals surface area contributed by atoms with Crippen LogP contribution in [0.25, 0.3) is 0 Å². The van der Waals surface area contributed by atoms with Gasteiger partial charge >= 0.3 is 0 Å². The Morgan fingerprint density at radius 3 is 1.88 bits per heavy atom. The second kappa shape index (κ2) is 2.67. The first-order chi connectivity index (χ1) is 3.48. The van der Waals surface area contributed by atoms with Crippen LogP contribution in [0.1, 0.15) is 0 Å². The molecule has 0 spiro atoms. The maximum Gasteiger partial charge on any atom is 0.114 e. The smallest absolute Gasteiger partial charge is 0.114 e. The fraction of sp³-hybridized carbons (Fsp3) is 0.600. The van der Waals surface area contributed by atoms with E-state index >= 15 is 0 Å². The summed E-state index contributed by atoms with van der Waals surface area (Å²) in [7, 11) is 2.02. The van der Waals surface area contributed by atoms with Crippen molar-refractivity contribution in [3.8, 4) is 12.0 Å². The standard InChI is InChI=1S/C5H10Si3/c1-5-7(6)8(2,3)4/h1H,2-4H3. The minimum absolute atomic E-state index is 0.572. The van der Waals surface area contributed by atoms with Gasteiger partial charge in [-0.15, -0.1) is 12.0 Å². The van der Waals surface area contributed by atoms with Crippen molar-refractivity contribution in [2.45, 2.75) is 19.6 Å². The van der Waals surface area contributed by atoms with Crippen molar-refractivity contribution in [3.63, 3.8) is 0 Å². The molecule has 0 saturated carbocycles. The Morgan fingerprint density at radius 2 is 1.88 bits per heavy atom. The van der Waals surface area contributed by atoms with Gasteiger partial charge in [-0.1, -0.05) is 19.6 Å². The summed E-state index contributed by atoms with van der Waals surface area (Å²) in [6.45, 7) is 6.86. The van der Waals surface area contributed by atoms with Gasteiger partial charge in [0, 0.05) is 17.4 Å². The topological polar surface area (TPSA) is 0 Å². The zero-order valence-corrected chi connectivity index (χ0v) is 8.58. The van der Waals surface area contributed by atoms with Gasteiger partial charge in [0.25, 0.3) is 0 Å². The van der Waals surface area contributed by atoms with Crippen LogP contribution in [0.5, 0.6) is 0 Å². The molecule has 0 aromatic heterocycles. The Labute approximate surface area is 57.3 Å². The predicted molar refractivity (Wildman–Crippen MR) is 43.7 cm³/mol. The Morgan fingerprint density at radius 1 is 1.50 bits per heavy atom. The molecule has 0 aromatic rings. The van der Waals surface area contributed by atoms with Crippen molar-refractivity contribution in [1.82, 2.24) is 0 Å². The van der Waals surface area contributed by atoms with Crippen LogP contribution in [0.15, 0.2) is 0 Å². The molecule has 0 fully saturated rings. The molecule has 0 amide bonds. The lowest BCUT2D eigenvalue weighted by Gasteiger charge is -2.16. The first kappa shape index (κ1) is 8.21. The highest BCUT2D eigenvalue weighted by molar-refractivity contribution is 7.50. The summed E-state index contributed by atoms with van der Waals surface area (Å²) in [5.74, 6) is 0. The normalized spacial score (nSPS) is 11.5. The fourth-order valence-corrected chi connectivity index (χ4v) is 1.95. The molecule has 0 aliphatic rings. The largest absolute Gasteiger partial charge is 0.144 e. The molecular formula is C5H10Si3. The highest BCUT2D eigenvalue weighted by Crippen LogP contribution is 2.01. The van der Waals surface area contributed by atoms with Crippen LogP contribution >= 0.6 is 0 Å². The van der Waals surface area contributed by atoms with Crippen LogP contribution in [-0.4, -0.2) is 25.2 Å². The van der Waals surface area contributed by atoms with E-state index in [1.165, 1.54) is 0 Å². The molecule has 0 aromatic carbocycles. The Bertz CT molecular complexity index is 106. The quantitative estimate of drug-likeness (QED) is 0.386. The zero-order valence-electron chi connectivity index (χ0n) is 5.58. The van der Waals surface area contributed by atoms with Gasteiger partial charge in [0.15, 0.2) is 0 Å². The Hall–Kier alpha value is 0.211. The van der Waals surface area contributed by atoms with Gasteiger partial charge in [-0.2, -0.15) is 0 Å². The molecule has 0 nitrogen and oxygen atoms in total. The average molecular weight is 154 g/mol. The minimum atomic E-state index is -0.981. The number of hydrogen-bond acceptors (Lipinski definition) is 0. The molecule has 0 saturated heterocycles. The van der Waals surface area contributed by atoms with Gasteiger partial charge in [0.05, 0.1) is 0 Å². The summed E-state index contributed by atoms with van der Waals surface area (Å²) in [5.41, 5.74) is 2.78. The van der Waals surface area contributed by atoms with Crippen molar-refractivity contribution in [2.75, 3.05) is 0 Å². The molecule has 8 heavy (non-hydrogen) atoms. The van der Waals surface area contributed by atoms with E-state index in [9.17, 15) is 0 Å². The third-order valence-electron chi connectivity index (χ3n) is 0.894. The third-order valence-corrected chi connectivity index (χ3v) is 14.8. The maximum absolute atomic E-state index is 5.24. The predicted octanol–water partition coefficient (Wildman–Crippen LogP) is 0.735. The van der Waals surface area contributed by atoms with Crippen molar-refractivity contribution in [2.24, 2.45) is 0 Å². The van der Waals surface area contributed by atoms with Gasteiger partial charge in [0.1, 0.15) is 7.83 Å². The summed E-state index contributed by atoms with van der Waals surface area (Å²) in [6.07, 6.45) is 5.24. The SMILES string of the molecule is C#C[Si]([Si])[Si](C)(C)C. The molecule has 0 N–H and O–H groups in total. The highest BCUT2D eigenvalue weighted by Gasteiger charge is 2.21. The van der Waals surface area contributed by atoms with E-state index in [-0.39, 0.29) is 0 Å². The van der Waals surface area contributed by atoms with Crippen molar-refractivity contribution in [1.29, 1.82) is 0 Å². The van der Waals surface area contributed by atoms with E-state index < -0.39 is 15.4 Å². The van der Waals surface area contributed by atoms with E-state index in [0.29, 0.717) is 0 Å². The molecule has 0 atom stereocenters. The Kier molecular flexibility index (Phi) is 2.74. The molecule has 0 rings (SSSR count). The molecule has 0 heterocycles. The molecule has 0 unspecified atom stereocenters. The van der Waals surface area contributed by atoms with Gasteiger partial charge in [-0.25, -0.2) is 0 Å². The molecule has 0 aliphatic carbocycles. The van der Waals surface area contributed by atoms with Crippen molar-refractivity contribution in [3.05, 3.63) is 0 Å². The van der Waals surface area contributed by atoms with Crippen LogP contribution in [0, 0.1) is 12.0 Å². The van der Waals surface area contributed by atoms with Gasteiger partial charge in [-0.05, 0) is 0 Å². The van der Waals surface area contributed by atoms with E-state index in [0.717, 1.165) is 0 Å². The van der Waals surface area contributed by atoms with Crippen molar-refractivity contribution < 1.29 is 0 Å². The van der Waals surface area contributed by atoms with Gasteiger partial charge < -0.3 is 0 Å². The van der Waals surface area contributed by atoms with E-state index in [1.807, 2.05) is 0 Å². The molecule has 0 bridgehead atoms. The number of rotatable bonds is 1. The van der Waals surface area contributed by atoms with Gasteiger partial charge in [-0.3, -0.25) is 0 Å². The Balaban J connectivity index is 3.87. The van der Waals surface area contributed by atoms with E-state index in [2.05, 4.69) is 34.9 Å². The van der Waals surface area contributed by atoms with E-state index in [1.54, 1.807) is 0 Å². The van der Waals surface area contributed by atoms with Crippen LogP contribution in [-0.2, 0) is 0 Å². The lowest BCUT2D eigenvalue weighted by atomic mass is 11.4. The maximum atomic E-state index is 5.24. The molecule has 0 aliphatic heterocycles. The summed E-state index contributed by atoms with van der Waals surface area (Å²) >= 11 is 0. The lowest BCUT2D eigenvalue weighted by Crippen LogP contribution is -2.42. The fourth-order valence-electron chi connectivity index (χ4n) is 0.217. The minimum Gasteiger partial charge on any atom is -0.144 e. The summed E-state index contributed by atoms with van der Waals surface area (Å²) in [6, 6.07) is 0. The number of hydrogen-bond donors (Lipinski definition) is 0. The monoisotopic (exact) mass is 154 g/mol. The first-order valence-electron chi connectivity index (χ1n) is 2.54. The van der Waals surface area contributed by atoms with Crippen LogP contribution < -0.4 is 0 Å². The lowest BCUT2D eigenvalue weighted by molar-refractivity contribution is 1.86. The van der Waals surface area contributed by atoms with Crippen LogP contribution in [0.2, 0.25) is 19.6 Å². The second-order valence-electron chi connectivity index (χ2n) is 2.77. The third kappa shape index (κ3) is 2.50. The molecule has 4 radical (unpaired) electrons. The summed E-state index contributed by atoms with van der Waals surface area (Å²) in [5, 5.41) is 0. The average Bonchev–Trinajstić information content (AvgIpc) is 1.62. The van der Waals surface area contributed by atoms with Crippen molar-refractivity contribution >= 4 is 25.2 Å². The van der Waals surface area contributed by atoms with E-state index in [4.69, 9.17) is 6.42 Å². The van der Waals surface area contributed by atoms with Crippen LogP contribution in [0.3, 0.4) is 0 Å². The first-order valence-corrected chi connectivity index (χ1v) is 10.0. The van der Waals surface area contributed by atoms with Crippen LogP contribution in [0.4, 0.5) is 0 Å². The highest BCUT2D eigenvalue weighted by atomic mass is 29.6. The summed E-state index contributed by atoms with van der Waals surface area (Å²) < 4.78 is 0. The number of terminal acetylenes is 1. The molecular weight excluding hydrogens is 144 g/mol.